The maximum atomic E-state index is 13.2. The van der Waals surface area contributed by atoms with Crippen LogP contribution >= 0.6 is 0 Å². The number of aryl methyl sites for hydroxylation is 1. The minimum Gasteiger partial charge on any atom is -0.462 e. The molecule has 1 heterocycles. The highest BCUT2D eigenvalue weighted by molar-refractivity contribution is 5.97. The number of hydrogen-bond acceptors (Lipinski definition) is 4. The maximum Gasteiger partial charge on any atom is 0.342 e. The van der Waals surface area contributed by atoms with Crippen LogP contribution in [0.2, 0.25) is 0 Å². The van der Waals surface area contributed by atoms with Crippen molar-refractivity contribution in [2.45, 2.75) is 13.8 Å². The average Bonchev–Trinajstić information content (AvgIpc) is 2.62. The lowest BCUT2D eigenvalue weighted by Crippen LogP contribution is -2.12. The molecule has 0 fully saturated rings. The molecule has 0 atom stereocenters. The molecule has 0 aliphatic rings. The Labute approximate surface area is 145 Å². The molecule has 0 saturated heterocycles. The molecule has 0 unspecified atom stereocenters. The number of hydrogen-bond donors (Lipinski definition) is 0. The summed E-state index contributed by atoms with van der Waals surface area (Å²) in [5.41, 5.74) is 2.84. The minimum absolute atomic E-state index is 0.270. The highest BCUT2D eigenvalue weighted by Crippen LogP contribution is 2.27. The van der Waals surface area contributed by atoms with Gasteiger partial charge in [0.2, 0.25) is 0 Å². The molecule has 0 amide bonds. The summed E-state index contributed by atoms with van der Waals surface area (Å²) >= 11 is 0. The molecule has 1 aromatic heterocycles. The third-order valence-corrected chi connectivity index (χ3v) is 3.72. The highest BCUT2D eigenvalue weighted by Gasteiger charge is 2.21. The van der Waals surface area contributed by atoms with Gasteiger partial charge in [-0.05, 0) is 38.1 Å². The molecule has 0 aliphatic carbocycles. The van der Waals surface area contributed by atoms with Crippen molar-refractivity contribution in [3.63, 3.8) is 0 Å². The van der Waals surface area contributed by atoms with Crippen molar-refractivity contribution in [2.24, 2.45) is 0 Å². The number of benzene rings is 2. The molecular formula is C20H17FN2O2. The lowest BCUT2D eigenvalue weighted by Gasteiger charge is -2.13. The van der Waals surface area contributed by atoms with E-state index in [1.807, 2.05) is 30.3 Å². The smallest absolute Gasteiger partial charge is 0.342 e. The lowest BCUT2D eigenvalue weighted by molar-refractivity contribution is 0.0525. The zero-order valence-corrected chi connectivity index (χ0v) is 14.0. The quantitative estimate of drug-likeness (QED) is 0.661. The highest BCUT2D eigenvalue weighted by atomic mass is 19.1. The molecule has 25 heavy (non-hydrogen) atoms. The van der Waals surface area contributed by atoms with Crippen LogP contribution in [0.25, 0.3) is 22.6 Å². The molecule has 0 N–H and O–H groups in total. The SMILES string of the molecule is CCOC(=O)c1c(C)nc(-c2ccc(F)cc2)nc1-c1ccccc1. The van der Waals surface area contributed by atoms with E-state index < -0.39 is 5.97 Å². The number of aromatic nitrogens is 2. The molecule has 0 saturated carbocycles. The summed E-state index contributed by atoms with van der Waals surface area (Å²) in [6.07, 6.45) is 0. The summed E-state index contributed by atoms with van der Waals surface area (Å²) in [5, 5.41) is 0. The van der Waals surface area contributed by atoms with E-state index in [1.165, 1.54) is 12.1 Å². The Bertz CT molecular complexity index is 894. The van der Waals surface area contributed by atoms with Crippen LogP contribution in [0.15, 0.2) is 54.6 Å². The van der Waals surface area contributed by atoms with Crippen molar-refractivity contribution in [3.05, 3.63) is 71.7 Å². The topological polar surface area (TPSA) is 52.1 Å². The van der Waals surface area contributed by atoms with E-state index in [0.29, 0.717) is 28.3 Å². The average molecular weight is 336 g/mol. The van der Waals surface area contributed by atoms with Crippen LogP contribution in [-0.4, -0.2) is 22.5 Å². The van der Waals surface area contributed by atoms with Gasteiger partial charge in [-0.15, -0.1) is 0 Å². The zero-order valence-electron chi connectivity index (χ0n) is 14.0. The van der Waals surface area contributed by atoms with Crippen LogP contribution < -0.4 is 0 Å². The summed E-state index contributed by atoms with van der Waals surface area (Å²) < 4.78 is 18.3. The van der Waals surface area contributed by atoms with Gasteiger partial charge in [-0.3, -0.25) is 0 Å². The number of carbonyl (C=O) groups excluding carboxylic acids is 1. The van der Waals surface area contributed by atoms with Crippen LogP contribution in [0.1, 0.15) is 23.0 Å². The van der Waals surface area contributed by atoms with Crippen LogP contribution in [0.4, 0.5) is 4.39 Å². The van der Waals surface area contributed by atoms with Gasteiger partial charge in [0.05, 0.1) is 18.0 Å². The molecule has 2 aromatic carbocycles. The largest absolute Gasteiger partial charge is 0.462 e. The molecule has 126 valence electrons. The van der Waals surface area contributed by atoms with E-state index in [0.717, 1.165) is 5.56 Å². The molecular weight excluding hydrogens is 319 g/mol. The Kier molecular flexibility index (Phi) is 4.84. The Hall–Kier alpha value is -3.08. The van der Waals surface area contributed by atoms with E-state index in [1.54, 1.807) is 26.0 Å². The Morgan fingerprint density at radius 2 is 1.68 bits per heavy atom. The fourth-order valence-electron chi connectivity index (χ4n) is 2.55. The summed E-state index contributed by atoms with van der Waals surface area (Å²) in [4.78, 5) is 21.4. The van der Waals surface area contributed by atoms with Crippen molar-refractivity contribution in [1.29, 1.82) is 0 Å². The minimum atomic E-state index is -0.454. The normalized spacial score (nSPS) is 10.5. The molecule has 0 spiro atoms. The molecule has 4 nitrogen and oxygen atoms in total. The van der Waals surface area contributed by atoms with Gasteiger partial charge < -0.3 is 4.74 Å². The first kappa shape index (κ1) is 16.8. The van der Waals surface area contributed by atoms with Gasteiger partial charge in [-0.25, -0.2) is 19.2 Å². The molecule has 0 aliphatic heterocycles. The second-order valence-electron chi connectivity index (χ2n) is 5.45. The van der Waals surface area contributed by atoms with Gasteiger partial charge in [0, 0.05) is 11.1 Å². The van der Waals surface area contributed by atoms with Crippen LogP contribution in [0, 0.1) is 12.7 Å². The number of halogens is 1. The predicted octanol–water partition coefficient (Wildman–Crippen LogP) is 4.43. The van der Waals surface area contributed by atoms with Gasteiger partial charge in [-0.2, -0.15) is 0 Å². The van der Waals surface area contributed by atoms with Gasteiger partial charge in [-0.1, -0.05) is 30.3 Å². The summed E-state index contributed by atoms with van der Waals surface area (Å²) in [5.74, 6) is -0.346. The Morgan fingerprint density at radius 3 is 2.32 bits per heavy atom. The van der Waals surface area contributed by atoms with Crippen LogP contribution in [-0.2, 0) is 4.74 Å². The van der Waals surface area contributed by atoms with Crippen molar-refractivity contribution >= 4 is 5.97 Å². The van der Waals surface area contributed by atoms with Gasteiger partial charge >= 0.3 is 5.97 Å². The molecule has 0 radical (unpaired) electrons. The van der Waals surface area contributed by atoms with E-state index in [9.17, 15) is 9.18 Å². The van der Waals surface area contributed by atoms with E-state index in [2.05, 4.69) is 9.97 Å². The Morgan fingerprint density at radius 1 is 1.00 bits per heavy atom. The first-order chi connectivity index (χ1) is 12.1. The fourth-order valence-corrected chi connectivity index (χ4v) is 2.55. The fraction of sp³-hybridized carbons (Fsp3) is 0.150. The van der Waals surface area contributed by atoms with Crippen molar-refractivity contribution in [3.8, 4) is 22.6 Å². The summed E-state index contributed by atoms with van der Waals surface area (Å²) in [6, 6.07) is 15.3. The number of nitrogens with zero attached hydrogens (tertiary/aromatic N) is 2. The van der Waals surface area contributed by atoms with Crippen LogP contribution in [0.5, 0.6) is 0 Å². The van der Waals surface area contributed by atoms with Gasteiger partial charge in [0.1, 0.15) is 11.4 Å². The predicted molar refractivity (Wildman–Crippen MR) is 93.6 cm³/mol. The third-order valence-electron chi connectivity index (χ3n) is 3.72. The lowest BCUT2D eigenvalue weighted by atomic mass is 10.0. The third kappa shape index (κ3) is 3.55. The molecule has 3 rings (SSSR count). The standard InChI is InChI=1S/C20H17FN2O2/c1-3-25-20(24)17-13(2)22-19(15-9-11-16(21)12-10-15)23-18(17)14-7-5-4-6-8-14/h4-12H,3H2,1-2H3. The first-order valence-electron chi connectivity index (χ1n) is 7.97. The van der Waals surface area contributed by atoms with Crippen molar-refractivity contribution in [1.82, 2.24) is 9.97 Å². The summed E-state index contributed by atoms with van der Waals surface area (Å²) in [7, 11) is 0. The van der Waals surface area contributed by atoms with Crippen molar-refractivity contribution < 1.29 is 13.9 Å². The van der Waals surface area contributed by atoms with Crippen molar-refractivity contribution in [2.75, 3.05) is 6.61 Å². The molecule has 3 aromatic rings. The van der Waals surface area contributed by atoms with E-state index in [-0.39, 0.29) is 12.4 Å². The number of esters is 1. The molecule has 5 heteroatoms. The second kappa shape index (κ2) is 7.21. The van der Waals surface area contributed by atoms with Gasteiger partial charge in [0.15, 0.2) is 5.82 Å². The monoisotopic (exact) mass is 336 g/mol. The zero-order chi connectivity index (χ0) is 17.8. The molecule has 0 bridgehead atoms. The van der Waals surface area contributed by atoms with Gasteiger partial charge in [0.25, 0.3) is 0 Å². The number of ether oxygens (including phenoxy) is 1. The van der Waals surface area contributed by atoms with Crippen LogP contribution in [0.3, 0.4) is 0 Å². The first-order valence-corrected chi connectivity index (χ1v) is 7.97. The number of carbonyl (C=O) groups is 1. The number of rotatable bonds is 4. The van der Waals surface area contributed by atoms with E-state index >= 15 is 0 Å². The Balaban J connectivity index is 2.20. The summed E-state index contributed by atoms with van der Waals surface area (Å²) in [6.45, 7) is 3.77. The van der Waals surface area contributed by atoms with E-state index in [4.69, 9.17) is 4.74 Å². The second-order valence-corrected chi connectivity index (χ2v) is 5.45. The maximum absolute atomic E-state index is 13.2.